The van der Waals surface area contributed by atoms with Crippen molar-refractivity contribution in [2.24, 2.45) is 0 Å². The zero-order valence-electron chi connectivity index (χ0n) is 7.75. The fourth-order valence-corrected chi connectivity index (χ4v) is 1.17. The van der Waals surface area contributed by atoms with Gasteiger partial charge in [0.15, 0.2) is 0 Å². The molecule has 0 heterocycles. The summed E-state index contributed by atoms with van der Waals surface area (Å²) in [6.45, 7) is 0. The van der Waals surface area contributed by atoms with Gasteiger partial charge < -0.3 is 5.11 Å². The molecule has 1 aromatic rings. The molecule has 0 fully saturated rings. The summed E-state index contributed by atoms with van der Waals surface area (Å²) in [5, 5.41) is 9.27. The molecular weight excluding hydrogens is 289 g/mol. The molecule has 1 rings (SSSR count). The van der Waals surface area contributed by atoms with E-state index in [9.17, 15) is 23.1 Å². The smallest absolute Gasteiger partial charge is 0.454 e. The standard InChI is InChI=1S/C10H6BrF3O2/c11-7-3-1-6(2-4-7)8(15)5-9(16)10(12,13)14/h1-5,15H/b8-5+. The van der Waals surface area contributed by atoms with Gasteiger partial charge in [-0.3, -0.25) is 4.79 Å². The van der Waals surface area contributed by atoms with E-state index in [1.807, 2.05) is 0 Å². The second kappa shape index (κ2) is 4.69. The summed E-state index contributed by atoms with van der Waals surface area (Å²) in [4.78, 5) is 10.5. The topological polar surface area (TPSA) is 37.3 Å². The predicted octanol–water partition coefficient (Wildman–Crippen LogP) is 3.48. The Bertz CT molecular complexity index is 421. The third kappa shape index (κ3) is 3.37. The lowest BCUT2D eigenvalue weighted by Gasteiger charge is -2.03. The summed E-state index contributed by atoms with van der Waals surface area (Å²) in [6.07, 6.45) is -4.81. The van der Waals surface area contributed by atoms with E-state index in [0.717, 1.165) is 0 Å². The Hall–Kier alpha value is -1.30. The van der Waals surface area contributed by atoms with E-state index >= 15 is 0 Å². The molecule has 0 aromatic heterocycles. The maximum atomic E-state index is 11.9. The van der Waals surface area contributed by atoms with Gasteiger partial charge in [-0.1, -0.05) is 28.1 Å². The molecule has 0 amide bonds. The van der Waals surface area contributed by atoms with Crippen molar-refractivity contribution in [1.29, 1.82) is 0 Å². The minimum atomic E-state index is -4.97. The Kier molecular flexibility index (Phi) is 3.74. The SMILES string of the molecule is O=C(/C=C(/O)c1ccc(Br)cc1)C(F)(F)F. The lowest BCUT2D eigenvalue weighted by molar-refractivity contribution is -0.165. The van der Waals surface area contributed by atoms with Crippen molar-refractivity contribution in [3.8, 4) is 0 Å². The van der Waals surface area contributed by atoms with Gasteiger partial charge in [0.05, 0.1) is 0 Å². The van der Waals surface area contributed by atoms with Crippen molar-refractivity contribution in [2.75, 3.05) is 0 Å². The second-order valence-corrected chi connectivity index (χ2v) is 3.81. The van der Waals surface area contributed by atoms with E-state index in [1.165, 1.54) is 24.3 Å². The summed E-state index contributed by atoms with van der Waals surface area (Å²) in [5.41, 5.74) is 0.140. The van der Waals surface area contributed by atoms with E-state index in [0.29, 0.717) is 4.47 Å². The first kappa shape index (κ1) is 12.8. The van der Waals surface area contributed by atoms with Crippen LogP contribution in [0.5, 0.6) is 0 Å². The first-order valence-corrected chi connectivity index (χ1v) is 4.88. The second-order valence-electron chi connectivity index (χ2n) is 2.90. The van der Waals surface area contributed by atoms with Crippen LogP contribution in [-0.4, -0.2) is 17.1 Å². The first-order valence-electron chi connectivity index (χ1n) is 4.08. The molecule has 2 nitrogen and oxygen atoms in total. The summed E-state index contributed by atoms with van der Waals surface area (Å²) < 4.78 is 36.3. The van der Waals surface area contributed by atoms with Crippen molar-refractivity contribution >= 4 is 27.5 Å². The number of benzene rings is 1. The Morgan fingerprint density at radius 2 is 1.75 bits per heavy atom. The van der Waals surface area contributed by atoms with Crippen LogP contribution in [0.3, 0.4) is 0 Å². The van der Waals surface area contributed by atoms with Crippen LogP contribution in [0.15, 0.2) is 34.8 Å². The molecule has 0 aliphatic rings. The molecule has 6 heteroatoms. The number of allylic oxidation sites excluding steroid dienone is 1. The normalized spacial score (nSPS) is 12.6. The molecule has 1 aromatic carbocycles. The van der Waals surface area contributed by atoms with Gasteiger partial charge in [-0.2, -0.15) is 13.2 Å². The Morgan fingerprint density at radius 3 is 2.19 bits per heavy atom. The predicted molar refractivity (Wildman–Crippen MR) is 55.8 cm³/mol. The zero-order valence-corrected chi connectivity index (χ0v) is 9.34. The Labute approximate surface area is 97.5 Å². The average Bonchev–Trinajstić information content (AvgIpc) is 2.17. The van der Waals surface area contributed by atoms with Crippen molar-refractivity contribution in [1.82, 2.24) is 0 Å². The fourth-order valence-electron chi connectivity index (χ4n) is 0.910. The number of hydrogen-bond acceptors (Lipinski definition) is 2. The molecule has 0 aliphatic heterocycles. The van der Waals surface area contributed by atoms with Gasteiger partial charge >= 0.3 is 6.18 Å². The Morgan fingerprint density at radius 1 is 1.25 bits per heavy atom. The van der Waals surface area contributed by atoms with E-state index in [2.05, 4.69) is 15.9 Å². The summed E-state index contributed by atoms with van der Waals surface area (Å²) >= 11 is 3.13. The number of aliphatic hydroxyl groups excluding tert-OH is 1. The molecule has 86 valence electrons. The molecule has 0 saturated carbocycles. The zero-order chi connectivity index (χ0) is 12.3. The van der Waals surface area contributed by atoms with Crippen LogP contribution in [0, 0.1) is 0 Å². The first-order chi connectivity index (χ1) is 7.30. The van der Waals surface area contributed by atoms with Crippen LogP contribution >= 0.6 is 15.9 Å². The van der Waals surface area contributed by atoms with Crippen LogP contribution in [0.2, 0.25) is 0 Å². The highest BCUT2D eigenvalue weighted by atomic mass is 79.9. The number of hydrogen-bond donors (Lipinski definition) is 1. The molecule has 0 spiro atoms. The van der Waals surface area contributed by atoms with E-state index in [-0.39, 0.29) is 11.6 Å². The van der Waals surface area contributed by atoms with Gasteiger partial charge in [0.1, 0.15) is 5.76 Å². The number of carbonyl (C=O) groups is 1. The van der Waals surface area contributed by atoms with Crippen molar-refractivity contribution < 1.29 is 23.1 Å². The van der Waals surface area contributed by atoms with Crippen LogP contribution in [0.4, 0.5) is 13.2 Å². The van der Waals surface area contributed by atoms with Gasteiger partial charge in [-0.15, -0.1) is 0 Å². The largest absolute Gasteiger partial charge is 0.507 e. The van der Waals surface area contributed by atoms with E-state index in [4.69, 9.17) is 0 Å². The molecule has 0 atom stereocenters. The number of rotatable bonds is 2. The van der Waals surface area contributed by atoms with Gasteiger partial charge in [0.2, 0.25) is 0 Å². The maximum Gasteiger partial charge on any atom is 0.454 e. The molecule has 0 saturated heterocycles. The molecule has 0 radical (unpaired) electrons. The van der Waals surface area contributed by atoms with Gasteiger partial charge in [0, 0.05) is 16.1 Å². The number of halogens is 4. The molecule has 0 bridgehead atoms. The minimum Gasteiger partial charge on any atom is -0.507 e. The highest BCUT2D eigenvalue weighted by molar-refractivity contribution is 9.10. The minimum absolute atomic E-state index is 0.140. The number of ketones is 1. The van der Waals surface area contributed by atoms with Gasteiger partial charge in [-0.05, 0) is 12.1 Å². The maximum absolute atomic E-state index is 11.9. The quantitative estimate of drug-likeness (QED) is 0.670. The molecule has 0 unspecified atom stereocenters. The van der Waals surface area contributed by atoms with Crippen molar-refractivity contribution in [3.05, 3.63) is 40.4 Å². The van der Waals surface area contributed by atoms with Crippen LogP contribution in [0.1, 0.15) is 5.56 Å². The fraction of sp³-hybridized carbons (Fsp3) is 0.100. The monoisotopic (exact) mass is 294 g/mol. The number of carbonyl (C=O) groups excluding carboxylic acids is 1. The highest BCUT2D eigenvalue weighted by Crippen LogP contribution is 2.20. The lowest BCUT2D eigenvalue weighted by atomic mass is 10.1. The average molecular weight is 295 g/mol. The molecule has 16 heavy (non-hydrogen) atoms. The lowest BCUT2D eigenvalue weighted by Crippen LogP contribution is -2.20. The van der Waals surface area contributed by atoms with E-state index < -0.39 is 17.7 Å². The Balaban J connectivity index is 2.94. The summed E-state index contributed by atoms with van der Waals surface area (Å²) in [7, 11) is 0. The van der Waals surface area contributed by atoms with Gasteiger partial charge in [0.25, 0.3) is 5.78 Å². The van der Waals surface area contributed by atoms with Gasteiger partial charge in [-0.25, -0.2) is 0 Å². The third-order valence-corrected chi connectivity index (χ3v) is 2.22. The summed E-state index contributed by atoms with van der Waals surface area (Å²) in [5.74, 6) is -2.80. The van der Waals surface area contributed by atoms with Crippen molar-refractivity contribution in [2.45, 2.75) is 6.18 Å². The van der Waals surface area contributed by atoms with Crippen LogP contribution in [0.25, 0.3) is 5.76 Å². The molecule has 1 N–H and O–H groups in total. The highest BCUT2D eigenvalue weighted by Gasteiger charge is 2.36. The third-order valence-electron chi connectivity index (χ3n) is 1.69. The van der Waals surface area contributed by atoms with Crippen LogP contribution < -0.4 is 0 Å². The molecule has 0 aliphatic carbocycles. The molecular formula is C10H6BrF3O2. The van der Waals surface area contributed by atoms with Crippen LogP contribution in [-0.2, 0) is 4.79 Å². The number of alkyl halides is 3. The van der Waals surface area contributed by atoms with Crippen molar-refractivity contribution in [3.63, 3.8) is 0 Å². The number of aliphatic hydroxyl groups is 1. The van der Waals surface area contributed by atoms with E-state index in [1.54, 1.807) is 0 Å². The summed E-state index contributed by atoms with van der Waals surface area (Å²) in [6, 6.07) is 5.86.